The van der Waals surface area contributed by atoms with Crippen molar-refractivity contribution in [3.05, 3.63) is 42.0 Å². The van der Waals surface area contributed by atoms with Crippen LogP contribution in [0.2, 0.25) is 0 Å². The van der Waals surface area contributed by atoms with Gasteiger partial charge in [0.25, 0.3) is 0 Å². The fourth-order valence-corrected chi connectivity index (χ4v) is 3.83. The number of allylic oxidation sites excluding steroid dienone is 1. The molecule has 2 aliphatic heterocycles. The van der Waals surface area contributed by atoms with Crippen LogP contribution in [0.4, 0.5) is 5.69 Å². The zero-order valence-corrected chi connectivity index (χ0v) is 9.96. The monoisotopic (exact) mass is 231 g/mol. The molecule has 82 valence electrons. The predicted molar refractivity (Wildman–Crippen MR) is 67.7 cm³/mol. The topological polar surface area (TPSA) is 20.3 Å². The Morgan fingerprint density at radius 1 is 1.31 bits per heavy atom. The number of carbonyl (C=O) groups excluding carboxylic acids is 1. The minimum atomic E-state index is -0.347. The van der Waals surface area contributed by atoms with Crippen LogP contribution in [0.3, 0.4) is 0 Å². The van der Waals surface area contributed by atoms with Crippen molar-refractivity contribution in [2.45, 2.75) is 11.2 Å². The van der Waals surface area contributed by atoms with Crippen LogP contribution in [0.25, 0.3) is 0 Å². The fraction of sp³-hybridized carbons (Fsp3) is 0.308. The van der Waals surface area contributed by atoms with Gasteiger partial charge in [-0.1, -0.05) is 30.4 Å². The lowest BCUT2D eigenvalue weighted by molar-refractivity contribution is -0.120. The maximum atomic E-state index is 12.4. The van der Waals surface area contributed by atoms with Gasteiger partial charge in [0.15, 0.2) is 0 Å². The lowest BCUT2D eigenvalue weighted by Gasteiger charge is -2.28. The van der Waals surface area contributed by atoms with Gasteiger partial charge < -0.3 is 4.90 Å². The molecule has 0 fully saturated rings. The number of rotatable bonds is 0. The van der Waals surface area contributed by atoms with Gasteiger partial charge >= 0.3 is 0 Å². The summed E-state index contributed by atoms with van der Waals surface area (Å²) >= 11 is 1.75. The SMILES string of the molecule is CN1C(=O)C2(CC=CCS2)c2ccccc21. The van der Waals surface area contributed by atoms with E-state index in [2.05, 4.69) is 18.2 Å². The molecular weight excluding hydrogens is 218 g/mol. The third kappa shape index (κ3) is 1.12. The zero-order chi connectivity index (χ0) is 11.2. The first kappa shape index (κ1) is 9.97. The van der Waals surface area contributed by atoms with Crippen molar-refractivity contribution in [2.75, 3.05) is 17.7 Å². The lowest BCUT2D eigenvalue weighted by Crippen LogP contribution is -2.36. The number of carbonyl (C=O) groups is 1. The van der Waals surface area contributed by atoms with Crippen molar-refractivity contribution in [1.82, 2.24) is 0 Å². The second-order valence-electron chi connectivity index (χ2n) is 4.19. The molecule has 0 aromatic heterocycles. The van der Waals surface area contributed by atoms with Crippen molar-refractivity contribution in [1.29, 1.82) is 0 Å². The lowest BCUT2D eigenvalue weighted by atomic mass is 9.95. The van der Waals surface area contributed by atoms with E-state index in [1.54, 1.807) is 16.7 Å². The predicted octanol–water partition coefficient (Wildman–Crippen LogP) is 2.55. The fourth-order valence-electron chi connectivity index (χ4n) is 2.51. The average molecular weight is 231 g/mol. The largest absolute Gasteiger partial charge is 0.314 e. The van der Waals surface area contributed by atoms with Crippen molar-refractivity contribution in [2.24, 2.45) is 0 Å². The van der Waals surface area contributed by atoms with E-state index in [1.165, 1.54) is 5.56 Å². The van der Waals surface area contributed by atoms with E-state index >= 15 is 0 Å². The van der Waals surface area contributed by atoms with E-state index in [4.69, 9.17) is 0 Å². The second-order valence-corrected chi connectivity index (χ2v) is 5.51. The van der Waals surface area contributed by atoms with Crippen molar-refractivity contribution >= 4 is 23.4 Å². The number of fused-ring (bicyclic) bond motifs is 2. The van der Waals surface area contributed by atoms with Gasteiger partial charge in [0, 0.05) is 24.1 Å². The van der Waals surface area contributed by atoms with Gasteiger partial charge in [-0.3, -0.25) is 4.79 Å². The molecule has 1 unspecified atom stereocenters. The summed E-state index contributed by atoms with van der Waals surface area (Å²) in [6.07, 6.45) is 5.09. The quantitative estimate of drug-likeness (QED) is 0.640. The first-order valence-corrected chi connectivity index (χ1v) is 6.41. The van der Waals surface area contributed by atoms with Crippen LogP contribution in [0.15, 0.2) is 36.4 Å². The molecule has 3 heteroatoms. The molecule has 1 aromatic rings. The Morgan fingerprint density at radius 3 is 2.88 bits per heavy atom. The van der Waals surface area contributed by atoms with Crippen LogP contribution >= 0.6 is 11.8 Å². The van der Waals surface area contributed by atoms with Crippen molar-refractivity contribution in [3.8, 4) is 0 Å². The van der Waals surface area contributed by atoms with Gasteiger partial charge in [-0.15, -0.1) is 11.8 Å². The summed E-state index contributed by atoms with van der Waals surface area (Å²) in [7, 11) is 1.87. The normalized spacial score (nSPS) is 27.6. The summed E-state index contributed by atoms with van der Waals surface area (Å²) in [5.74, 6) is 1.15. The van der Waals surface area contributed by atoms with Crippen LogP contribution in [0.5, 0.6) is 0 Å². The molecule has 1 atom stereocenters. The number of benzene rings is 1. The van der Waals surface area contributed by atoms with Gasteiger partial charge in [0.1, 0.15) is 4.75 Å². The number of amides is 1. The van der Waals surface area contributed by atoms with E-state index in [1.807, 2.05) is 25.2 Å². The molecule has 0 bridgehead atoms. The molecule has 0 saturated carbocycles. The van der Waals surface area contributed by atoms with E-state index in [0.29, 0.717) is 0 Å². The number of thioether (sulfide) groups is 1. The highest BCUT2D eigenvalue weighted by Crippen LogP contribution is 2.51. The summed E-state index contributed by atoms with van der Waals surface area (Å²) in [5, 5.41) is 0. The zero-order valence-electron chi connectivity index (χ0n) is 9.14. The Kier molecular flexibility index (Phi) is 2.11. The Balaban J connectivity index is 2.20. The molecule has 0 aliphatic carbocycles. The third-order valence-corrected chi connectivity index (χ3v) is 4.76. The number of anilines is 1. The summed E-state index contributed by atoms with van der Waals surface area (Å²) < 4.78 is -0.347. The minimum absolute atomic E-state index is 0.225. The smallest absolute Gasteiger partial charge is 0.247 e. The summed E-state index contributed by atoms with van der Waals surface area (Å²) in [6, 6.07) is 8.13. The first-order valence-electron chi connectivity index (χ1n) is 5.42. The van der Waals surface area contributed by atoms with Crippen LogP contribution in [-0.2, 0) is 9.54 Å². The van der Waals surface area contributed by atoms with Gasteiger partial charge in [0.05, 0.1) is 0 Å². The number of hydrogen-bond acceptors (Lipinski definition) is 2. The van der Waals surface area contributed by atoms with Crippen LogP contribution < -0.4 is 4.90 Å². The summed E-state index contributed by atoms with van der Waals surface area (Å²) in [6.45, 7) is 0. The Labute approximate surface area is 99.3 Å². The van der Waals surface area contributed by atoms with E-state index in [-0.39, 0.29) is 10.7 Å². The van der Waals surface area contributed by atoms with Crippen LogP contribution in [0.1, 0.15) is 12.0 Å². The molecule has 3 rings (SSSR count). The van der Waals surface area contributed by atoms with Gasteiger partial charge in [-0.05, 0) is 12.5 Å². The number of para-hydroxylation sites is 1. The Morgan fingerprint density at radius 2 is 2.12 bits per heavy atom. The highest BCUT2D eigenvalue weighted by atomic mass is 32.2. The standard InChI is InChI=1S/C13H13NOS/c1-14-11-7-3-2-6-10(11)13(12(14)15)8-4-5-9-16-13/h2-7H,8-9H2,1H3. The van der Waals surface area contributed by atoms with Crippen LogP contribution in [0, 0.1) is 0 Å². The molecule has 16 heavy (non-hydrogen) atoms. The summed E-state index contributed by atoms with van der Waals surface area (Å²) in [5.41, 5.74) is 2.24. The number of nitrogens with zero attached hydrogens (tertiary/aromatic N) is 1. The molecule has 0 saturated heterocycles. The van der Waals surface area contributed by atoms with E-state index < -0.39 is 0 Å². The summed E-state index contributed by atoms with van der Waals surface area (Å²) in [4.78, 5) is 14.2. The molecule has 1 spiro atoms. The molecule has 1 amide bonds. The van der Waals surface area contributed by atoms with Gasteiger partial charge in [-0.2, -0.15) is 0 Å². The first-order chi connectivity index (χ1) is 7.76. The maximum Gasteiger partial charge on any atom is 0.247 e. The van der Waals surface area contributed by atoms with Crippen molar-refractivity contribution in [3.63, 3.8) is 0 Å². The van der Waals surface area contributed by atoms with E-state index in [0.717, 1.165) is 17.9 Å². The van der Waals surface area contributed by atoms with Crippen molar-refractivity contribution < 1.29 is 4.79 Å². The van der Waals surface area contributed by atoms with Gasteiger partial charge in [-0.25, -0.2) is 0 Å². The Hall–Kier alpha value is -1.22. The maximum absolute atomic E-state index is 12.4. The highest BCUT2D eigenvalue weighted by Gasteiger charge is 2.49. The van der Waals surface area contributed by atoms with Crippen LogP contribution in [-0.4, -0.2) is 18.7 Å². The minimum Gasteiger partial charge on any atom is -0.314 e. The average Bonchev–Trinajstić information content (AvgIpc) is 2.55. The van der Waals surface area contributed by atoms with Gasteiger partial charge in [0.2, 0.25) is 5.91 Å². The highest BCUT2D eigenvalue weighted by molar-refractivity contribution is 8.01. The second kappa shape index (κ2) is 3.39. The molecule has 0 N–H and O–H groups in total. The number of hydrogen-bond donors (Lipinski definition) is 0. The molecular formula is C13H13NOS. The Bertz CT molecular complexity index is 483. The third-order valence-electron chi connectivity index (χ3n) is 3.35. The molecule has 1 aromatic carbocycles. The molecule has 2 heterocycles. The molecule has 0 radical (unpaired) electrons. The number of likely N-dealkylation sites (N-methyl/N-ethyl adjacent to an activating group) is 1. The molecule has 2 nitrogen and oxygen atoms in total. The molecule has 2 aliphatic rings. The van der Waals surface area contributed by atoms with E-state index in [9.17, 15) is 4.79 Å².